The molecule has 0 spiro atoms. The Morgan fingerprint density at radius 3 is 2.14 bits per heavy atom. The molecule has 0 saturated carbocycles. The number of fused-ring (bicyclic) bond motifs is 1. The Bertz CT molecular complexity index is 1120. The van der Waals surface area contributed by atoms with Crippen LogP contribution in [0.2, 0.25) is 0 Å². The minimum atomic E-state index is -3.78. The van der Waals surface area contributed by atoms with E-state index in [0.29, 0.717) is 22.7 Å². The Hall–Kier alpha value is -2.16. The van der Waals surface area contributed by atoms with E-state index in [1.165, 1.54) is 3.97 Å². The second-order valence-electron chi connectivity index (χ2n) is 6.92. The summed E-state index contributed by atoms with van der Waals surface area (Å²) in [6.07, 6.45) is 0. The molecule has 29 heavy (non-hydrogen) atoms. The lowest BCUT2D eigenvalue weighted by Gasteiger charge is -2.19. The highest BCUT2D eigenvalue weighted by Gasteiger charge is 2.26. The Labute approximate surface area is 176 Å². The molecule has 156 valence electrons. The van der Waals surface area contributed by atoms with E-state index in [1.807, 2.05) is 27.1 Å². The van der Waals surface area contributed by atoms with Gasteiger partial charge >= 0.3 is 0 Å². The number of hydrogen-bond acceptors (Lipinski definition) is 6. The molecule has 0 radical (unpaired) electrons. The first-order valence-corrected chi connectivity index (χ1v) is 11.4. The quantitative estimate of drug-likeness (QED) is 0.410. The van der Waals surface area contributed by atoms with Crippen molar-refractivity contribution >= 4 is 32.7 Å². The van der Waals surface area contributed by atoms with Crippen molar-refractivity contribution in [2.24, 2.45) is 0 Å². The Kier molecular flexibility index (Phi) is 6.16. The van der Waals surface area contributed by atoms with E-state index in [9.17, 15) is 8.42 Å². The number of hydrogen-bond donors (Lipinski definition) is 0. The molecule has 0 aliphatic rings. The van der Waals surface area contributed by atoms with Crippen molar-refractivity contribution < 1.29 is 17.9 Å². The van der Waals surface area contributed by atoms with Crippen molar-refractivity contribution in [3.63, 3.8) is 0 Å². The molecule has 1 aromatic heterocycles. The van der Waals surface area contributed by atoms with Crippen LogP contribution < -0.4 is 9.47 Å². The summed E-state index contributed by atoms with van der Waals surface area (Å²) >= 11 is 1.63. The number of aromatic nitrogens is 1. The third-order valence-corrected chi connectivity index (χ3v) is 8.25. The summed E-state index contributed by atoms with van der Waals surface area (Å²) in [4.78, 5) is 3.23. The van der Waals surface area contributed by atoms with Crippen LogP contribution in [0.15, 0.2) is 52.3 Å². The molecule has 0 amide bonds. The van der Waals surface area contributed by atoms with Crippen LogP contribution in [-0.4, -0.2) is 51.0 Å². The maximum Gasteiger partial charge on any atom is 0.268 e. The maximum atomic E-state index is 13.5. The van der Waals surface area contributed by atoms with Gasteiger partial charge in [0.05, 0.1) is 30.0 Å². The molecule has 8 heteroatoms. The summed E-state index contributed by atoms with van der Waals surface area (Å²) in [7, 11) is 3.38. The first kappa shape index (κ1) is 21.5. The summed E-state index contributed by atoms with van der Waals surface area (Å²) < 4.78 is 39.0. The lowest BCUT2D eigenvalue weighted by atomic mass is 10.2. The van der Waals surface area contributed by atoms with E-state index in [0.717, 1.165) is 10.3 Å². The third kappa shape index (κ3) is 3.97. The molecule has 6 nitrogen and oxygen atoms in total. The van der Waals surface area contributed by atoms with Crippen molar-refractivity contribution in [1.82, 2.24) is 8.87 Å². The maximum absolute atomic E-state index is 13.5. The van der Waals surface area contributed by atoms with Gasteiger partial charge in [-0.3, -0.25) is 4.90 Å². The minimum absolute atomic E-state index is 0.169. The Balaban J connectivity index is 2.25. The van der Waals surface area contributed by atoms with Crippen molar-refractivity contribution in [3.05, 3.63) is 48.2 Å². The van der Waals surface area contributed by atoms with Crippen molar-refractivity contribution in [2.45, 2.75) is 29.0 Å². The number of benzene rings is 2. The summed E-state index contributed by atoms with van der Waals surface area (Å²) in [5, 5.41) is 1.03. The van der Waals surface area contributed by atoms with Gasteiger partial charge in [-0.2, -0.15) is 0 Å². The Morgan fingerprint density at radius 2 is 1.59 bits per heavy atom. The van der Waals surface area contributed by atoms with E-state index >= 15 is 0 Å². The zero-order chi connectivity index (χ0) is 21.3. The van der Waals surface area contributed by atoms with Gasteiger partial charge in [0.2, 0.25) is 0 Å². The lowest BCUT2D eigenvalue weighted by molar-refractivity contribution is 0.402. The standard InChI is InChI=1S/C21H26N2O4S2/c1-14-21(28-15(2)22(3)4)19-13-17(27-6)9-12-20(19)23(14)29(24,25)18-10-7-16(26-5)8-11-18/h7-13,15H,1-6H3. The smallest absolute Gasteiger partial charge is 0.268 e. The molecule has 0 N–H and O–H groups in total. The van der Waals surface area contributed by atoms with Crippen LogP contribution in [0.4, 0.5) is 0 Å². The van der Waals surface area contributed by atoms with Gasteiger partial charge in [0.1, 0.15) is 11.5 Å². The fourth-order valence-electron chi connectivity index (χ4n) is 3.06. The molecule has 0 fully saturated rings. The van der Waals surface area contributed by atoms with Gasteiger partial charge < -0.3 is 9.47 Å². The van der Waals surface area contributed by atoms with Gasteiger partial charge in [-0.1, -0.05) is 0 Å². The highest BCUT2D eigenvalue weighted by atomic mass is 32.2. The second kappa shape index (κ2) is 8.30. The predicted molar refractivity (Wildman–Crippen MR) is 118 cm³/mol. The van der Waals surface area contributed by atoms with Crippen LogP contribution in [0.5, 0.6) is 11.5 Å². The van der Waals surface area contributed by atoms with E-state index in [-0.39, 0.29) is 10.3 Å². The van der Waals surface area contributed by atoms with Crippen LogP contribution in [0.1, 0.15) is 12.6 Å². The van der Waals surface area contributed by atoms with E-state index < -0.39 is 10.0 Å². The molecule has 0 bridgehead atoms. The van der Waals surface area contributed by atoms with E-state index in [2.05, 4.69) is 11.8 Å². The topological polar surface area (TPSA) is 60.8 Å². The number of thioether (sulfide) groups is 1. The monoisotopic (exact) mass is 434 g/mol. The molecule has 1 heterocycles. The van der Waals surface area contributed by atoms with Crippen molar-refractivity contribution in [2.75, 3.05) is 28.3 Å². The average molecular weight is 435 g/mol. The Morgan fingerprint density at radius 1 is 1.00 bits per heavy atom. The van der Waals surface area contributed by atoms with Gasteiger partial charge in [-0.15, -0.1) is 11.8 Å². The summed E-state index contributed by atoms with van der Waals surface area (Å²) in [5.41, 5.74) is 1.32. The molecule has 1 unspecified atom stereocenters. The molecule has 3 aromatic rings. The molecular formula is C21H26N2O4S2. The molecule has 1 atom stereocenters. The fraction of sp³-hybridized carbons (Fsp3) is 0.333. The summed E-state index contributed by atoms with van der Waals surface area (Å²) in [6, 6.07) is 11.9. The predicted octanol–water partition coefficient (Wildman–Crippen LogP) is 4.20. The number of methoxy groups -OCH3 is 2. The summed E-state index contributed by atoms with van der Waals surface area (Å²) in [5.74, 6) is 1.30. The molecule has 0 aliphatic heterocycles. The minimum Gasteiger partial charge on any atom is -0.497 e. The summed E-state index contributed by atoms with van der Waals surface area (Å²) in [6.45, 7) is 3.93. The lowest BCUT2D eigenvalue weighted by Crippen LogP contribution is -2.21. The normalized spacial score (nSPS) is 13.1. The van der Waals surface area contributed by atoms with Crippen molar-refractivity contribution in [1.29, 1.82) is 0 Å². The van der Waals surface area contributed by atoms with Crippen LogP contribution in [-0.2, 0) is 10.0 Å². The van der Waals surface area contributed by atoms with E-state index in [4.69, 9.17) is 9.47 Å². The van der Waals surface area contributed by atoms with Crippen LogP contribution >= 0.6 is 11.8 Å². The van der Waals surface area contributed by atoms with E-state index in [1.54, 1.807) is 62.4 Å². The number of rotatable bonds is 7. The average Bonchev–Trinajstić information content (AvgIpc) is 2.99. The van der Waals surface area contributed by atoms with Gasteiger partial charge in [0.15, 0.2) is 0 Å². The van der Waals surface area contributed by atoms with Crippen LogP contribution in [0.3, 0.4) is 0 Å². The second-order valence-corrected chi connectivity index (χ2v) is 10.0. The molecule has 3 rings (SSSR count). The number of ether oxygens (including phenoxy) is 2. The van der Waals surface area contributed by atoms with Crippen molar-refractivity contribution in [3.8, 4) is 11.5 Å². The van der Waals surface area contributed by atoms with Gasteiger partial charge in [0, 0.05) is 16.0 Å². The van der Waals surface area contributed by atoms with Gasteiger partial charge in [-0.05, 0) is 70.4 Å². The highest BCUT2D eigenvalue weighted by Crippen LogP contribution is 2.40. The number of nitrogens with zero attached hydrogens (tertiary/aromatic N) is 2. The molecule has 0 aliphatic carbocycles. The molecular weight excluding hydrogens is 408 g/mol. The van der Waals surface area contributed by atoms with Crippen LogP contribution in [0, 0.1) is 6.92 Å². The highest BCUT2D eigenvalue weighted by molar-refractivity contribution is 8.00. The third-order valence-electron chi connectivity index (χ3n) is 4.91. The zero-order valence-electron chi connectivity index (χ0n) is 17.5. The van der Waals surface area contributed by atoms with Gasteiger partial charge in [0.25, 0.3) is 10.0 Å². The SMILES string of the molecule is COc1ccc(S(=O)(=O)n2c(C)c(SC(C)N(C)C)c3cc(OC)ccc32)cc1. The largest absolute Gasteiger partial charge is 0.497 e. The fourth-order valence-corrected chi connectivity index (χ4v) is 5.78. The van der Waals surface area contributed by atoms with Crippen LogP contribution in [0.25, 0.3) is 10.9 Å². The first-order valence-electron chi connectivity index (χ1n) is 9.12. The van der Waals surface area contributed by atoms with Gasteiger partial charge in [-0.25, -0.2) is 12.4 Å². The first-order chi connectivity index (χ1) is 13.7. The zero-order valence-corrected chi connectivity index (χ0v) is 19.1. The molecule has 2 aromatic carbocycles. The molecule has 0 saturated heterocycles.